The van der Waals surface area contributed by atoms with Gasteiger partial charge in [-0.2, -0.15) is 13.2 Å². The van der Waals surface area contributed by atoms with Gasteiger partial charge in [-0.15, -0.1) is 0 Å². The summed E-state index contributed by atoms with van der Waals surface area (Å²) in [5.74, 6) is 0.375. The van der Waals surface area contributed by atoms with Gasteiger partial charge in [0, 0.05) is 19.6 Å². The maximum absolute atomic E-state index is 13.2. The molecule has 1 aromatic rings. The molecule has 28 heavy (non-hydrogen) atoms. The number of carbonyl (C=O) groups excluding carboxylic acids is 1. The van der Waals surface area contributed by atoms with Gasteiger partial charge in [-0.1, -0.05) is 6.92 Å². The van der Waals surface area contributed by atoms with Crippen LogP contribution in [0.15, 0.2) is 18.2 Å². The standard InChI is InChI=1S/C20H28F3N3O2/c1-2-7-25(13-15-3-4-15)14-19(27)24-17-12-16(20(21,22)23)5-6-18(17)26-8-10-28-11-9-26/h5-6,12,15H,2-4,7-11,13-14H2,1H3,(H,24,27). The van der Waals surface area contributed by atoms with Gasteiger partial charge < -0.3 is 15.0 Å². The van der Waals surface area contributed by atoms with Gasteiger partial charge in [0.25, 0.3) is 0 Å². The van der Waals surface area contributed by atoms with E-state index in [4.69, 9.17) is 4.74 Å². The Balaban J connectivity index is 1.75. The molecule has 0 radical (unpaired) electrons. The van der Waals surface area contributed by atoms with Crippen molar-refractivity contribution in [1.82, 2.24) is 4.90 Å². The highest BCUT2D eigenvalue weighted by atomic mass is 19.4. The van der Waals surface area contributed by atoms with Gasteiger partial charge in [0.15, 0.2) is 0 Å². The normalized spacial score (nSPS) is 17.8. The van der Waals surface area contributed by atoms with E-state index >= 15 is 0 Å². The predicted octanol–water partition coefficient (Wildman–Crippen LogP) is 3.60. The van der Waals surface area contributed by atoms with Crippen LogP contribution < -0.4 is 10.2 Å². The van der Waals surface area contributed by atoms with Crippen LogP contribution in [0.3, 0.4) is 0 Å². The van der Waals surface area contributed by atoms with Crippen LogP contribution in [-0.2, 0) is 15.7 Å². The minimum Gasteiger partial charge on any atom is -0.378 e. The largest absolute Gasteiger partial charge is 0.416 e. The molecule has 2 aliphatic rings. The van der Waals surface area contributed by atoms with E-state index in [1.165, 1.54) is 18.9 Å². The molecule has 1 aromatic carbocycles. The van der Waals surface area contributed by atoms with Gasteiger partial charge in [0.1, 0.15) is 0 Å². The van der Waals surface area contributed by atoms with Crippen molar-refractivity contribution in [2.75, 3.05) is 56.2 Å². The molecular weight excluding hydrogens is 371 g/mol. The Morgan fingerprint density at radius 2 is 2.00 bits per heavy atom. The maximum atomic E-state index is 13.2. The van der Waals surface area contributed by atoms with Gasteiger partial charge in [-0.05, 0) is 49.9 Å². The molecule has 8 heteroatoms. The van der Waals surface area contributed by atoms with E-state index in [1.54, 1.807) is 0 Å². The second-order valence-electron chi connectivity index (χ2n) is 7.56. The summed E-state index contributed by atoms with van der Waals surface area (Å²) >= 11 is 0. The zero-order valence-corrected chi connectivity index (χ0v) is 16.2. The Hall–Kier alpha value is -1.80. The number of carbonyl (C=O) groups is 1. The van der Waals surface area contributed by atoms with Crippen molar-refractivity contribution >= 4 is 17.3 Å². The van der Waals surface area contributed by atoms with Crippen LogP contribution in [0.2, 0.25) is 0 Å². The molecule has 3 rings (SSSR count). The van der Waals surface area contributed by atoms with Crippen molar-refractivity contribution in [2.24, 2.45) is 5.92 Å². The molecule has 0 unspecified atom stereocenters. The number of rotatable bonds is 8. The lowest BCUT2D eigenvalue weighted by Crippen LogP contribution is -2.38. The average molecular weight is 399 g/mol. The minimum absolute atomic E-state index is 0.198. The van der Waals surface area contributed by atoms with E-state index in [2.05, 4.69) is 17.1 Å². The molecular formula is C20H28F3N3O2. The lowest BCUT2D eigenvalue weighted by molar-refractivity contribution is -0.137. The molecule has 0 aromatic heterocycles. The third-order valence-corrected chi connectivity index (χ3v) is 5.07. The molecule has 1 amide bonds. The summed E-state index contributed by atoms with van der Waals surface area (Å²) in [6.45, 7) is 6.13. The Morgan fingerprint density at radius 1 is 1.29 bits per heavy atom. The molecule has 1 heterocycles. The van der Waals surface area contributed by atoms with Gasteiger partial charge in [-0.25, -0.2) is 0 Å². The second-order valence-corrected chi connectivity index (χ2v) is 7.56. The monoisotopic (exact) mass is 399 g/mol. The topological polar surface area (TPSA) is 44.8 Å². The Kier molecular flexibility index (Phi) is 6.82. The molecule has 1 N–H and O–H groups in total. The number of hydrogen-bond donors (Lipinski definition) is 1. The summed E-state index contributed by atoms with van der Waals surface area (Å²) in [5, 5.41) is 2.74. The highest BCUT2D eigenvalue weighted by Gasteiger charge is 2.32. The van der Waals surface area contributed by atoms with Crippen LogP contribution in [0.25, 0.3) is 0 Å². The molecule has 2 fully saturated rings. The molecule has 0 spiro atoms. The summed E-state index contributed by atoms with van der Waals surface area (Å²) < 4.78 is 44.9. The van der Waals surface area contributed by atoms with Gasteiger partial charge in [0.05, 0.1) is 36.7 Å². The first-order valence-electron chi connectivity index (χ1n) is 9.93. The number of amides is 1. The maximum Gasteiger partial charge on any atom is 0.416 e. The minimum atomic E-state index is -4.46. The van der Waals surface area contributed by atoms with Gasteiger partial charge in [-0.3, -0.25) is 9.69 Å². The van der Waals surface area contributed by atoms with Crippen molar-refractivity contribution in [3.63, 3.8) is 0 Å². The fraction of sp³-hybridized carbons (Fsp3) is 0.650. The van der Waals surface area contributed by atoms with E-state index in [0.717, 1.165) is 31.6 Å². The predicted molar refractivity (Wildman–Crippen MR) is 103 cm³/mol. The van der Waals surface area contributed by atoms with E-state index in [-0.39, 0.29) is 18.1 Å². The third-order valence-electron chi connectivity index (χ3n) is 5.07. The molecule has 1 aliphatic heterocycles. The lowest BCUT2D eigenvalue weighted by Gasteiger charge is -2.31. The van der Waals surface area contributed by atoms with Crippen molar-refractivity contribution in [2.45, 2.75) is 32.4 Å². The zero-order chi connectivity index (χ0) is 20.1. The van der Waals surface area contributed by atoms with Crippen LogP contribution >= 0.6 is 0 Å². The summed E-state index contributed by atoms with van der Waals surface area (Å²) in [6.07, 6.45) is -1.14. The molecule has 1 saturated carbocycles. The fourth-order valence-electron chi connectivity index (χ4n) is 3.50. The Bertz CT molecular complexity index is 671. The lowest BCUT2D eigenvalue weighted by atomic mass is 10.1. The van der Waals surface area contributed by atoms with Crippen molar-refractivity contribution in [1.29, 1.82) is 0 Å². The number of nitrogens with zero attached hydrogens (tertiary/aromatic N) is 2. The number of halogens is 3. The number of morpholine rings is 1. The van der Waals surface area contributed by atoms with Crippen molar-refractivity contribution in [3.8, 4) is 0 Å². The van der Waals surface area contributed by atoms with Crippen LogP contribution in [0.5, 0.6) is 0 Å². The highest BCUT2D eigenvalue weighted by Crippen LogP contribution is 2.36. The van der Waals surface area contributed by atoms with Crippen molar-refractivity contribution in [3.05, 3.63) is 23.8 Å². The average Bonchev–Trinajstić information content (AvgIpc) is 3.46. The van der Waals surface area contributed by atoms with E-state index in [0.29, 0.717) is 37.9 Å². The van der Waals surface area contributed by atoms with Gasteiger partial charge >= 0.3 is 6.18 Å². The molecule has 5 nitrogen and oxygen atoms in total. The summed E-state index contributed by atoms with van der Waals surface area (Å²) in [5.41, 5.74) is 0.0571. The van der Waals surface area contributed by atoms with Crippen LogP contribution in [0.4, 0.5) is 24.5 Å². The Labute approximate surface area is 163 Å². The summed E-state index contributed by atoms with van der Waals surface area (Å²) in [4.78, 5) is 16.7. The third kappa shape index (κ3) is 5.85. The van der Waals surface area contributed by atoms with E-state index in [1.807, 2.05) is 4.90 Å². The zero-order valence-electron chi connectivity index (χ0n) is 16.2. The van der Waals surface area contributed by atoms with Crippen LogP contribution in [0, 0.1) is 5.92 Å². The van der Waals surface area contributed by atoms with Crippen LogP contribution in [-0.4, -0.2) is 56.7 Å². The molecule has 0 bridgehead atoms. The summed E-state index contributed by atoms with van der Waals surface area (Å²) in [6, 6.07) is 3.54. The number of benzene rings is 1. The number of anilines is 2. The fourth-order valence-corrected chi connectivity index (χ4v) is 3.50. The van der Waals surface area contributed by atoms with E-state index < -0.39 is 11.7 Å². The smallest absolute Gasteiger partial charge is 0.378 e. The molecule has 1 aliphatic carbocycles. The highest BCUT2D eigenvalue weighted by molar-refractivity contribution is 5.95. The molecule has 1 saturated heterocycles. The number of alkyl halides is 3. The number of nitrogens with one attached hydrogen (secondary N) is 1. The van der Waals surface area contributed by atoms with Gasteiger partial charge in [0.2, 0.25) is 5.91 Å². The number of hydrogen-bond acceptors (Lipinski definition) is 4. The first kappa shape index (κ1) is 20.9. The quantitative estimate of drug-likeness (QED) is 0.726. The first-order chi connectivity index (χ1) is 13.4. The SMILES string of the molecule is CCCN(CC(=O)Nc1cc(C(F)(F)F)ccc1N1CCOCC1)CC1CC1. The van der Waals surface area contributed by atoms with Crippen molar-refractivity contribution < 1.29 is 22.7 Å². The molecule has 156 valence electrons. The summed E-state index contributed by atoms with van der Waals surface area (Å²) in [7, 11) is 0. The molecule has 0 atom stereocenters. The van der Waals surface area contributed by atoms with E-state index in [9.17, 15) is 18.0 Å². The Morgan fingerprint density at radius 3 is 2.61 bits per heavy atom. The van der Waals surface area contributed by atoms with Crippen LogP contribution in [0.1, 0.15) is 31.7 Å². The first-order valence-corrected chi connectivity index (χ1v) is 9.93. The second kappa shape index (κ2) is 9.13. The number of ether oxygens (including phenoxy) is 1.